The first kappa shape index (κ1) is 19.8. The van der Waals surface area contributed by atoms with Gasteiger partial charge in [-0.05, 0) is 55.0 Å². The number of imidazole rings is 1. The molecule has 0 bridgehead atoms. The molecule has 2 aromatic carbocycles. The molecule has 0 saturated heterocycles. The van der Waals surface area contributed by atoms with Crippen LogP contribution in [0, 0.1) is 12.7 Å². The van der Waals surface area contributed by atoms with Crippen molar-refractivity contribution in [2.45, 2.75) is 20.0 Å². The summed E-state index contributed by atoms with van der Waals surface area (Å²) in [6.45, 7) is 2.20. The highest BCUT2D eigenvalue weighted by Crippen LogP contribution is 2.24. The Morgan fingerprint density at radius 2 is 2.06 bits per heavy atom. The maximum Gasteiger partial charge on any atom is 0.228 e. The second kappa shape index (κ2) is 8.19. The van der Waals surface area contributed by atoms with Crippen molar-refractivity contribution in [3.63, 3.8) is 0 Å². The predicted octanol–water partition coefficient (Wildman–Crippen LogP) is 5.02. The molecule has 6 nitrogen and oxygen atoms in total. The van der Waals surface area contributed by atoms with Gasteiger partial charge in [0.25, 0.3) is 0 Å². The van der Waals surface area contributed by atoms with Gasteiger partial charge in [-0.15, -0.1) is 0 Å². The van der Waals surface area contributed by atoms with Crippen LogP contribution >= 0.6 is 0 Å². The molecule has 5 aromatic rings. The number of halogens is 1. The van der Waals surface area contributed by atoms with Gasteiger partial charge in [-0.25, -0.2) is 9.37 Å². The minimum Gasteiger partial charge on any atom is -0.487 e. The van der Waals surface area contributed by atoms with E-state index in [4.69, 9.17) is 4.74 Å². The average Bonchev–Trinajstić information content (AvgIpc) is 3.33. The van der Waals surface area contributed by atoms with Crippen molar-refractivity contribution in [2.75, 3.05) is 5.32 Å². The van der Waals surface area contributed by atoms with Gasteiger partial charge in [0.05, 0.1) is 12.1 Å². The summed E-state index contributed by atoms with van der Waals surface area (Å²) in [5.41, 5.74) is 4.76. The Balaban J connectivity index is 1.26. The third-order valence-corrected chi connectivity index (χ3v) is 5.34. The lowest BCUT2D eigenvalue weighted by atomic mass is 10.1. The van der Waals surface area contributed by atoms with Crippen LogP contribution in [0.15, 0.2) is 73.1 Å². The molecular formula is C25H21FN4O2. The van der Waals surface area contributed by atoms with Crippen molar-refractivity contribution >= 4 is 28.1 Å². The third-order valence-electron chi connectivity index (χ3n) is 5.34. The molecule has 0 fully saturated rings. The first-order valence-electron chi connectivity index (χ1n) is 10.3. The summed E-state index contributed by atoms with van der Waals surface area (Å²) in [5, 5.41) is 3.62. The molecule has 0 atom stereocenters. The lowest BCUT2D eigenvalue weighted by molar-refractivity contribution is -0.115. The highest BCUT2D eigenvalue weighted by molar-refractivity contribution is 5.96. The zero-order valence-corrected chi connectivity index (χ0v) is 17.4. The minimum absolute atomic E-state index is 0.140. The number of carbonyl (C=O) groups is 1. The van der Waals surface area contributed by atoms with Gasteiger partial charge in [-0.3, -0.25) is 4.79 Å². The van der Waals surface area contributed by atoms with Gasteiger partial charge in [-0.1, -0.05) is 12.1 Å². The first-order chi connectivity index (χ1) is 15.5. The van der Waals surface area contributed by atoms with Crippen LogP contribution in [0.25, 0.3) is 16.6 Å². The molecule has 0 aliphatic carbocycles. The molecule has 160 valence electrons. The second-order valence-corrected chi connectivity index (χ2v) is 7.66. The molecule has 32 heavy (non-hydrogen) atoms. The molecule has 0 radical (unpaired) electrons. The number of hydrogen-bond acceptors (Lipinski definition) is 3. The molecule has 3 heterocycles. The fourth-order valence-electron chi connectivity index (χ4n) is 3.83. The van der Waals surface area contributed by atoms with Gasteiger partial charge in [0.2, 0.25) is 5.91 Å². The number of benzene rings is 2. The number of aromatic amines is 1. The topological polar surface area (TPSA) is 71.4 Å². The van der Waals surface area contributed by atoms with Crippen LogP contribution < -0.4 is 10.1 Å². The minimum atomic E-state index is -0.325. The van der Waals surface area contributed by atoms with E-state index < -0.39 is 0 Å². The number of amides is 1. The number of nitrogens with one attached hydrogen (secondary N) is 2. The summed E-state index contributed by atoms with van der Waals surface area (Å²) < 4.78 is 21.5. The normalized spacial score (nSPS) is 11.2. The maximum atomic E-state index is 13.7. The number of rotatable bonds is 6. The number of nitrogens with zero attached hydrogens (tertiary/aromatic N) is 2. The molecule has 5 rings (SSSR count). The molecule has 0 aliphatic rings. The Morgan fingerprint density at radius 3 is 2.94 bits per heavy atom. The van der Waals surface area contributed by atoms with Crippen LogP contribution in [0.5, 0.6) is 5.75 Å². The molecule has 0 saturated carbocycles. The van der Waals surface area contributed by atoms with Crippen LogP contribution in [0.3, 0.4) is 0 Å². The largest absolute Gasteiger partial charge is 0.487 e. The van der Waals surface area contributed by atoms with Crippen molar-refractivity contribution in [2.24, 2.45) is 0 Å². The summed E-state index contributed by atoms with van der Waals surface area (Å²) in [5.74, 6) is 0.120. The lowest BCUT2D eigenvalue weighted by Gasteiger charge is -2.09. The van der Waals surface area contributed by atoms with Gasteiger partial charge in [0.15, 0.2) is 0 Å². The Morgan fingerprint density at radius 1 is 1.16 bits per heavy atom. The van der Waals surface area contributed by atoms with E-state index in [0.29, 0.717) is 18.0 Å². The Bertz CT molecular complexity index is 1400. The van der Waals surface area contributed by atoms with Crippen LogP contribution in [0.2, 0.25) is 0 Å². The smallest absolute Gasteiger partial charge is 0.228 e. The number of anilines is 1. The summed E-state index contributed by atoms with van der Waals surface area (Å²) in [7, 11) is 0. The number of pyridine rings is 1. The quantitative estimate of drug-likeness (QED) is 0.399. The molecule has 2 N–H and O–H groups in total. The lowest BCUT2D eigenvalue weighted by Crippen LogP contribution is -2.14. The SMILES string of the molecule is Cc1[nH]c2ccc(F)cc2c1CC(=O)Nc1cccc(OCc2cn3ccccc3n2)c1. The first-order valence-corrected chi connectivity index (χ1v) is 10.3. The molecule has 0 unspecified atom stereocenters. The summed E-state index contributed by atoms with van der Waals surface area (Å²) in [6, 6.07) is 17.6. The second-order valence-electron chi connectivity index (χ2n) is 7.66. The van der Waals surface area contributed by atoms with Crippen LogP contribution in [0.4, 0.5) is 10.1 Å². The van der Waals surface area contributed by atoms with Crippen molar-refractivity contribution < 1.29 is 13.9 Å². The van der Waals surface area contributed by atoms with Gasteiger partial charge in [0, 0.05) is 40.7 Å². The van der Waals surface area contributed by atoms with E-state index >= 15 is 0 Å². The van der Waals surface area contributed by atoms with Crippen molar-refractivity contribution in [3.8, 4) is 5.75 Å². The average molecular weight is 428 g/mol. The number of carbonyl (C=O) groups excluding carboxylic acids is 1. The summed E-state index contributed by atoms with van der Waals surface area (Å²) >= 11 is 0. The van der Waals surface area contributed by atoms with Crippen molar-refractivity contribution in [1.29, 1.82) is 0 Å². The molecule has 0 spiro atoms. The number of ether oxygens (including phenoxy) is 1. The summed E-state index contributed by atoms with van der Waals surface area (Å²) in [4.78, 5) is 20.4. The van der Waals surface area contributed by atoms with Gasteiger partial charge in [0.1, 0.15) is 23.8 Å². The fraction of sp³-hybridized carbons (Fsp3) is 0.120. The Hall–Kier alpha value is -4.13. The molecule has 7 heteroatoms. The van der Waals surface area contributed by atoms with E-state index in [2.05, 4.69) is 15.3 Å². The van der Waals surface area contributed by atoms with E-state index in [-0.39, 0.29) is 18.1 Å². The van der Waals surface area contributed by atoms with Gasteiger partial charge >= 0.3 is 0 Å². The van der Waals surface area contributed by atoms with E-state index in [1.165, 1.54) is 12.1 Å². The fourth-order valence-corrected chi connectivity index (χ4v) is 3.83. The highest BCUT2D eigenvalue weighted by Gasteiger charge is 2.14. The van der Waals surface area contributed by atoms with E-state index in [0.717, 1.165) is 33.5 Å². The number of hydrogen-bond donors (Lipinski definition) is 2. The van der Waals surface area contributed by atoms with Crippen LogP contribution in [-0.4, -0.2) is 20.3 Å². The molecular weight excluding hydrogens is 407 g/mol. The number of aromatic nitrogens is 3. The van der Waals surface area contributed by atoms with E-state index in [1.54, 1.807) is 18.2 Å². The van der Waals surface area contributed by atoms with Crippen molar-refractivity contribution in [1.82, 2.24) is 14.4 Å². The molecule has 1 amide bonds. The maximum absolute atomic E-state index is 13.7. The standard InChI is InChI=1S/C25H21FN4O2/c1-16-21(22-11-17(26)8-9-23(22)27-16)13-25(31)29-18-5-4-6-20(12-18)32-15-19-14-30-10-3-2-7-24(30)28-19/h2-12,14,27H,13,15H2,1H3,(H,29,31). The summed E-state index contributed by atoms with van der Waals surface area (Å²) in [6.07, 6.45) is 4.00. The Labute approximate surface area is 183 Å². The number of H-pyrrole nitrogens is 1. The van der Waals surface area contributed by atoms with Crippen LogP contribution in [-0.2, 0) is 17.8 Å². The van der Waals surface area contributed by atoms with E-state index in [9.17, 15) is 9.18 Å². The van der Waals surface area contributed by atoms with Gasteiger partial charge < -0.3 is 19.4 Å². The van der Waals surface area contributed by atoms with Crippen LogP contribution in [0.1, 0.15) is 17.0 Å². The molecule has 0 aliphatic heterocycles. The highest BCUT2D eigenvalue weighted by atomic mass is 19.1. The Kier molecular flexibility index (Phi) is 5.07. The zero-order chi connectivity index (χ0) is 22.1. The number of aryl methyl sites for hydroxylation is 1. The van der Waals surface area contributed by atoms with Crippen molar-refractivity contribution in [3.05, 3.63) is 95.8 Å². The predicted molar refractivity (Wildman–Crippen MR) is 121 cm³/mol. The number of fused-ring (bicyclic) bond motifs is 2. The van der Waals surface area contributed by atoms with Gasteiger partial charge in [-0.2, -0.15) is 0 Å². The zero-order valence-electron chi connectivity index (χ0n) is 17.4. The monoisotopic (exact) mass is 428 g/mol. The molecule has 3 aromatic heterocycles. The third kappa shape index (κ3) is 4.05. The van der Waals surface area contributed by atoms with E-state index in [1.807, 2.05) is 54.0 Å².